The van der Waals surface area contributed by atoms with Gasteiger partial charge in [-0.15, -0.1) is 0 Å². The van der Waals surface area contributed by atoms with E-state index >= 15 is 0 Å². The van der Waals surface area contributed by atoms with E-state index in [0.717, 1.165) is 11.1 Å². The van der Waals surface area contributed by atoms with E-state index in [2.05, 4.69) is 5.32 Å². The van der Waals surface area contributed by atoms with Gasteiger partial charge in [0.1, 0.15) is 6.61 Å². The Morgan fingerprint density at radius 2 is 1.74 bits per heavy atom. The number of hydrogen-bond donors (Lipinski definition) is 2. The highest BCUT2D eigenvalue weighted by Gasteiger charge is 2.26. The fourth-order valence-electron chi connectivity index (χ4n) is 2.30. The SMILES string of the molecule is Cc1ccc(CC(C)(CO)NC(=O)OCc2ccccc2)cc1. The predicted molar refractivity (Wildman–Crippen MR) is 90.1 cm³/mol. The minimum absolute atomic E-state index is 0.165. The summed E-state index contributed by atoms with van der Waals surface area (Å²) in [5, 5.41) is 12.4. The number of amides is 1. The number of aliphatic hydroxyl groups is 1. The van der Waals surface area contributed by atoms with E-state index in [1.807, 2.05) is 61.5 Å². The molecule has 2 N–H and O–H groups in total. The van der Waals surface area contributed by atoms with Crippen LogP contribution >= 0.6 is 0 Å². The van der Waals surface area contributed by atoms with Crippen LogP contribution in [-0.4, -0.2) is 23.3 Å². The lowest BCUT2D eigenvalue weighted by molar-refractivity contribution is 0.111. The molecule has 0 fully saturated rings. The topological polar surface area (TPSA) is 58.6 Å². The van der Waals surface area contributed by atoms with E-state index in [4.69, 9.17) is 4.74 Å². The van der Waals surface area contributed by atoms with E-state index in [-0.39, 0.29) is 13.2 Å². The first kappa shape index (κ1) is 17.0. The first-order valence-electron chi connectivity index (χ1n) is 7.66. The lowest BCUT2D eigenvalue weighted by atomic mass is 9.93. The molecule has 0 aliphatic heterocycles. The van der Waals surface area contributed by atoms with Gasteiger partial charge in [0.05, 0.1) is 12.1 Å². The van der Waals surface area contributed by atoms with Gasteiger partial charge in [0.2, 0.25) is 0 Å². The van der Waals surface area contributed by atoms with E-state index in [1.54, 1.807) is 6.92 Å². The maximum atomic E-state index is 12.0. The molecule has 0 bridgehead atoms. The lowest BCUT2D eigenvalue weighted by Crippen LogP contribution is -2.50. The van der Waals surface area contributed by atoms with Crippen molar-refractivity contribution in [2.75, 3.05) is 6.61 Å². The molecular formula is C19H23NO3. The highest BCUT2D eigenvalue weighted by atomic mass is 16.5. The average molecular weight is 313 g/mol. The second-order valence-electron chi connectivity index (χ2n) is 6.07. The largest absolute Gasteiger partial charge is 0.445 e. The molecular weight excluding hydrogens is 290 g/mol. The molecule has 2 rings (SSSR count). The molecule has 1 unspecified atom stereocenters. The van der Waals surface area contributed by atoms with Gasteiger partial charge in [-0.25, -0.2) is 4.79 Å². The Balaban J connectivity index is 1.91. The van der Waals surface area contributed by atoms with Crippen LogP contribution in [0.25, 0.3) is 0 Å². The third kappa shape index (κ3) is 5.42. The minimum Gasteiger partial charge on any atom is -0.445 e. The molecule has 0 radical (unpaired) electrons. The molecule has 0 aliphatic carbocycles. The van der Waals surface area contributed by atoms with E-state index in [9.17, 15) is 9.90 Å². The quantitative estimate of drug-likeness (QED) is 0.861. The summed E-state index contributed by atoms with van der Waals surface area (Å²) in [7, 11) is 0. The van der Waals surface area contributed by atoms with Gasteiger partial charge in [0, 0.05) is 0 Å². The zero-order valence-electron chi connectivity index (χ0n) is 13.6. The number of aliphatic hydroxyl groups excluding tert-OH is 1. The van der Waals surface area contributed by atoms with E-state index in [1.165, 1.54) is 5.56 Å². The van der Waals surface area contributed by atoms with Gasteiger partial charge in [0.25, 0.3) is 0 Å². The maximum absolute atomic E-state index is 12.0. The molecule has 4 nitrogen and oxygen atoms in total. The van der Waals surface area contributed by atoms with Gasteiger partial charge < -0.3 is 15.2 Å². The predicted octanol–water partition coefficient (Wildman–Crippen LogP) is 3.21. The Kier molecular flexibility index (Phi) is 5.77. The van der Waals surface area contributed by atoms with Crippen molar-refractivity contribution < 1.29 is 14.6 Å². The van der Waals surface area contributed by atoms with Crippen molar-refractivity contribution in [3.8, 4) is 0 Å². The highest BCUT2D eigenvalue weighted by Crippen LogP contribution is 2.14. The molecule has 2 aromatic rings. The molecule has 0 aliphatic rings. The van der Waals surface area contributed by atoms with Crippen LogP contribution < -0.4 is 5.32 Å². The number of carbonyl (C=O) groups excluding carboxylic acids is 1. The average Bonchev–Trinajstić information content (AvgIpc) is 2.56. The highest BCUT2D eigenvalue weighted by molar-refractivity contribution is 5.68. The van der Waals surface area contributed by atoms with Crippen molar-refractivity contribution in [2.45, 2.75) is 32.4 Å². The van der Waals surface area contributed by atoms with Crippen molar-refractivity contribution >= 4 is 6.09 Å². The number of ether oxygens (including phenoxy) is 1. The molecule has 23 heavy (non-hydrogen) atoms. The van der Waals surface area contributed by atoms with Crippen molar-refractivity contribution in [1.29, 1.82) is 0 Å². The van der Waals surface area contributed by atoms with Crippen LogP contribution in [0.4, 0.5) is 4.79 Å². The van der Waals surface area contributed by atoms with Gasteiger partial charge in [-0.05, 0) is 31.4 Å². The van der Waals surface area contributed by atoms with Gasteiger partial charge in [-0.1, -0.05) is 60.2 Å². The molecule has 122 valence electrons. The monoisotopic (exact) mass is 313 g/mol. The summed E-state index contributed by atoms with van der Waals surface area (Å²) in [6, 6.07) is 17.5. The molecule has 0 heterocycles. The van der Waals surface area contributed by atoms with Crippen molar-refractivity contribution in [3.63, 3.8) is 0 Å². The number of alkyl carbamates (subject to hydrolysis) is 1. The van der Waals surface area contributed by atoms with Crippen molar-refractivity contribution in [1.82, 2.24) is 5.32 Å². The first-order chi connectivity index (χ1) is 11.0. The summed E-state index contributed by atoms with van der Waals surface area (Å²) in [5.74, 6) is 0. The van der Waals surface area contributed by atoms with E-state index < -0.39 is 11.6 Å². The zero-order valence-corrected chi connectivity index (χ0v) is 13.6. The van der Waals surface area contributed by atoms with Gasteiger partial charge in [-0.3, -0.25) is 0 Å². The molecule has 0 saturated carbocycles. The normalized spacial score (nSPS) is 13.2. The number of nitrogens with one attached hydrogen (secondary N) is 1. The summed E-state index contributed by atoms with van der Waals surface area (Å²) in [6.07, 6.45) is 0.00188. The third-order valence-electron chi connectivity index (χ3n) is 3.68. The van der Waals surface area contributed by atoms with Gasteiger partial charge in [0.15, 0.2) is 0 Å². The Morgan fingerprint density at radius 3 is 2.35 bits per heavy atom. The zero-order chi connectivity index (χ0) is 16.7. The number of hydrogen-bond acceptors (Lipinski definition) is 3. The molecule has 0 aromatic heterocycles. The first-order valence-corrected chi connectivity index (χ1v) is 7.66. The smallest absolute Gasteiger partial charge is 0.407 e. The summed E-state index contributed by atoms with van der Waals surface area (Å²) < 4.78 is 5.22. The number of rotatable bonds is 6. The van der Waals surface area contributed by atoms with Gasteiger partial charge in [-0.2, -0.15) is 0 Å². The van der Waals surface area contributed by atoms with Crippen LogP contribution in [-0.2, 0) is 17.8 Å². The number of benzene rings is 2. The van der Waals surface area contributed by atoms with Crippen LogP contribution in [0.3, 0.4) is 0 Å². The van der Waals surface area contributed by atoms with Crippen LogP contribution in [0.1, 0.15) is 23.6 Å². The fraction of sp³-hybridized carbons (Fsp3) is 0.316. The Hall–Kier alpha value is -2.33. The molecule has 0 spiro atoms. The summed E-state index contributed by atoms with van der Waals surface area (Å²) in [4.78, 5) is 12.0. The second-order valence-corrected chi connectivity index (χ2v) is 6.07. The molecule has 4 heteroatoms. The number of aryl methyl sites for hydroxylation is 1. The summed E-state index contributed by atoms with van der Waals surface area (Å²) >= 11 is 0. The second kappa shape index (κ2) is 7.79. The molecule has 2 aromatic carbocycles. The minimum atomic E-state index is -0.761. The van der Waals surface area contributed by atoms with Gasteiger partial charge >= 0.3 is 6.09 Å². The molecule has 1 atom stereocenters. The van der Waals surface area contributed by atoms with Crippen molar-refractivity contribution in [3.05, 3.63) is 71.3 Å². The van der Waals surface area contributed by atoms with E-state index in [0.29, 0.717) is 6.42 Å². The Bertz CT molecular complexity index is 625. The van der Waals surface area contributed by atoms with Crippen LogP contribution in [0.15, 0.2) is 54.6 Å². The maximum Gasteiger partial charge on any atom is 0.407 e. The van der Waals surface area contributed by atoms with Crippen LogP contribution in [0, 0.1) is 6.92 Å². The fourth-order valence-corrected chi connectivity index (χ4v) is 2.30. The van der Waals surface area contributed by atoms with Crippen molar-refractivity contribution in [2.24, 2.45) is 0 Å². The van der Waals surface area contributed by atoms with Crippen LogP contribution in [0.5, 0.6) is 0 Å². The molecule has 1 amide bonds. The number of carbonyl (C=O) groups is 1. The summed E-state index contributed by atoms with van der Waals surface area (Å²) in [6.45, 7) is 3.87. The molecule has 0 saturated heterocycles. The standard InChI is InChI=1S/C19H23NO3/c1-15-8-10-16(11-9-15)12-19(2,14-21)20-18(22)23-13-17-6-4-3-5-7-17/h3-11,21H,12-14H2,1-2H3,(H,20,22). The lowest BCUT2D eigenvalue weighted by Gasteiger charge is -2.28. The Labute approximate surface area is 137 Å². The Morgan fingerprint density at radius 1 is 1.09 bits per heavy atom. The third-order valence-corrected chi connectivity index (χ3v) is 3.68. The summed E-state index contributed by atoms with van der Waals surface area (Å²) in [5.41, 5.74) is 2.39. The van der Waals surface area contributed by atoms with Crippen LogP contribution in [0.2, 0.25) is 0 Å².